The van der Waals surface area contributed by atoms with Crippen LogP contribution in [0.2, 0.25) is 5.02 Å². The fraction of sp³-hybridized carbons (Fsp3) is 0.200. The summed E-state index contributed by atoms with van der Waals surface area (Å²) in [4.78, 5) is 0. The number of aliphatic hydroxyl groups is 1. The third kappa shape index (κ3) is 2.94. The van der Waals surface area contributed by atoms with Crippen molar-refractivity contribution in [3.05, 3.63) is 69.7 Å². The normalized spacial score (nSPS) is 12.5. The van der Waals surface area contributed by atoms with E-state index >= 15 is 0 Å². The standard InChI is InChI=1S/C15H13ClF2O/c1-9-4-2-6-11(15(9)18)13(19)8-10-5-3-7-12(17)14(10)16/h2-7,13,19H,8H2,1H3. The summed E-state index contributed by atoms with van der Waals surface area (Å²) in [5, 5.41) is 10.0. The quantitative estimate of drug-likeness (QED) is 0.894. The second-order valence-electron chi connectivity index (χ2n) is 4.41. The van der Waals surface area contributed by atoms with Crippen molar-refractivity contribution >= 4 is 11.6 Å². The molecule has 100 valence electrons. The van der Waals surface area contributed by atoms with E-state index in [9.17, 15) is 13.9 Å². The van der Waals surface area contributed by atoms with Crippen molar-refractivity contribution in [3.8, 4) is 0 Å². The fourth-order valence-electron chi connectivity index (χ4n) is 1.95. The van der Waals surface area contributed by atoms with Gasteiger partial charge in [0.15, 0.2) is 0 Å². The number of hydrogen-bond donors (Lipinski definition) is 1. The summed E-state index contributed by atoms with van der Waals surface area (Å²) in [6.07, 6.45) is -0.990. The minimum absolute atomic E-state index is 0.0328. The van der Waals surface area contributed by atoms with Crippen LogP contribution in [0.3, 0.4) is 0 Å². The van der Waals surface area contributed by atoms with Crippen LogP contribution < -0.4 is 0 Å². The lowest BCUT2D eigenvalue weighted by Gasteiger charge is -2.14. The zero-order chi connectivity index (χ0) is 14.0. The Kier molecular flexibility index (Phi) is 4.17. The molecule has 19 heavy (non-hydrogen) atoms. The van der Waals surface area contributed by atoms with Gasteiger partial charge in [0, 0.05) is 12.0 Å². The summed E-state index contributed by atoms with van der Waals surface area (Å²) < 4.78 is 27.2. The Labute approximate surface area is 115 Å². The van der Waals surface area contributed by atoms with Gasteiger partial charge in [-0.3, -0.25) is 0 Å². The van der Waals surface area contributed by atoms with Crippen molar-refractivity contribution in [1.82, 2.24) is 0 Å². The predicted molar refractivity (Wildman–Crippen MR) is 71.2 cm³/mol. The molecule has 2 aromatic carbocycles. The molecule has 1 N–H and O–H groups in total. The summed E-state index contributed by atoms with van der Waals surface area (Å²) in [7, 11) is 0. The van der Waals surface area contributed by atoms with Crippen LogP contribution in [0.5, 0.6) is 0 Å². The number of benzene rings is 2. The maximum atomic E-state index is 13.9. The number of aryl methyl sites for hydroxylation is 1. The van der Waals surface area contributed by atoms with Gasteiger partial charge in [0.1, 0.15) is 11.6 Å². The Hall–Kier alpha value is -1.45. The van der Waals surface area contributed by atoms with E-state index in [1.54, 1.807) is 25.1 Å². The molecular formula is C15H13ClF2O. The Balaban J connectivity index is 2.28. The molecule has 0 spiro atoms. The average molecular weight is 283 g/mol. The van der Waals surface area contributed by atoms with E-state index < -0.39 is 17.7 Å². The number of hydrogen-bond acceptors (Lipinski definition) is 1. The molecule has 0 heterocycles. The van der Waals surface area contributed by atoms with Gasteiger partial charge in [-0.2, -0.15) is 0 Å². The topological polar surface area (TPSA) is 20.2 Å². The van der Waals surface area contributed by atoms with Gasteiger partial charge in [0.2, 0.25) is 0 Å². The Bertz CT molecular complexity index is 599. The van der Waals surface area contributed by atoms with Crippen LogP contribution >= 0.6 is 11.6 Å². The van der Waals surface area contributed by atoms with Gasteiger partial charge >= 0.3 is 0 Å². The van der Waals surface area contributed by atoms with Crippen LogP contribution in [-0.4, -0.2) is 5.11 Å². The smallest absolute Gasteiger partial charge is 0.142 e. The Morgan fingerprint density at radius 3 is 2.58 bits per heavy atom. The number of rotatable bonds is 3. The van der Waals surface area contributed by atoms with E-state index in [0.29, 0.717) is 11.1 Å². The predicted octanol–water partition coefficient (Wildman–Crippen LogP) is 4.20. The first-order valence-corrected chi connectivity index (χ1v) is 6.24. The number of halogens is 3. The van der Waals surface area contributed by atoms with Gasteiger partial charge in [-0.05, 0) is 24.1 Å². The van der Waals surface area contributed by atoms with Gasteiger partial charge in [0.05, 0.1) is 11.1 Å². The molecule has 0 aliphatic rings. The van der Waals surface area contributed by atoms with Crippen molar-refractivity contribution in [3.63, 3.8) is 0 Å². The third-order valence-electron chi connectivity index (χ3n) is 3.03. The highest BCUT2D eigenvalue weighted by molar-refractivity contribution is 6.31. The molecule has 1 atom stereocenters. The zero-order valence-corrected chi connectivity index (χ0v) is 11.1. The van der Waals surface area contributed by atoms with Gasteiger partial charge in [-0.1, -0.05) is 41.9 Å². The van der Waals surface area contributed by atoms with E-state index in [-0.39, 0.29) is 17.0 Å². The summed E-state index contributed by atoms with van der Waals surface area (Å²) in [5.74, 6) is -0.987. The largest absolute Gasteiger partial charge is 0.388 e. The van der Waals surface area contributed by atoms with Gasteiger partial charge < -0.3 is 5.11 Å². The minimum atomic E-state index is -1.06. The molecule has 0 saturated heterocycles. The lowest BCUT2D eigenvalue weighted by molar-refractivity contribution is 0.173. The van der Waals surface area contributed by atoms with E-state index in [0.717, 1.165) is 0 Å². The van der Waals surface area contributed by atoms with Crippen LogP contribution in [-0.2, 0) is 6.42 Å². The molecule has 1 unspecified atom stereocenters. The second-order valence-corrected chi connectivity index (χ2v) is 4.79. The molecule has 0 bridgehead atoms. The summed E-state index contributed by atoms with van der Waals surface area (Å²) in [6, 6.07) is 9.18. The lowest BCUT2D eigenvalue weighted by atomic mass is 9.99. The SMILES string of the molecule is Cc1cccc(C(O)Cc2cccc(F)c2Cl)c1F. The van der Waals surface area contributed by atoms with Crippen LogP contribution in [0.25, 0.3) is 0 Å². The Morgan fingerprint density at radius 1 is 1.16 bits per heavy atom. The third-order valence-corrected chi connectivity index (χ3v) is 3.45. The molecule has 0 aliphatic carbocycles. The lowest BCUT2D eigenvalue weighted by Crippen LogP contribution is -2.06. The van der Waals surface area contributed by atoms with Gasteiger partial charge in [0.25, 0.3) is 0 Å². The highest BCUT2D eigenvalue weighted by atomic mass is 35.5. The van der Waals surface area contributed by atoms with Crippen LogP contribution in [0, 0.1) is 18.6 Å². The molecule has 2 aromatic rings. The van der Waals surface area contributed by atoms with Gasteiger partial charge in [-0.25, -0.2) is 8.78 Å². The van der Waals surface area contributed by atoms with Crippen LogP contribution in [0.4, 0.5) is 8.78 Å². The zero-order valence-electron chi connectivity index (χ0n) is 10.3. The monoisotopic (exact) mass is 282 g/mol. The summed E-state index contributed by atoms with van der Waals surface area (Å²) >= 11 is 5.82. The fourth-order valence-corrected chi connectivity index (χ4v) is 2.15. The summed E-state index contributed by atoms with van der Waals surface area (Å²) in [5.41, 5.74) is 1.11. The van der Waals surface area contributed by atoms with E-state index in [2.05, 4.69) is 0 Å². The Morgan fingerprint density at radius 2 is 1.84 bits per heavy atom. The molecule has 0 amide bonds. The van der Waals surface area contributed by atoms with E-state index in [1.807, 2.05) is 0 Å². The minimum Gasteiger partial charge on any atom is -0.388 e. The molecule has 0 saturated carbocycles. The molecule has 0 fully saturated rings. The molecular weight excluding hydrogens is 270 g/mol. The molecule has 0 aromatic heterocycles. The van der Waals surface area contributed by atoms with Gasteiger partial charge in [-0.15, -0.1) is 0 Å². The molecule has 0 aliphatic heterocycles. The van der Waals surface area contributed by atoms with E-state index in [1.165, 1.54) is 18.2 Å². The van der Waals surface area contributed by atoms with E-state index in [4.69, 9.17) is 11.6 Å². The molecule has 4 heteroatoms. The van der Waals surface area contributed by atoms with Crippen molar-refractivity contribution in [1.29, 1.82) is 0 Å². The number of aliphatic hydroxyl groups excluding tert-OH is 1. The van der Waals surface area contributed by atoms with Crippen molar-refractivity contribution in [2.45, 2.75) is 19.4 Å². The first-order valence-electron chi connectivity index (χ1n) is 5.86. The van der Waals surface area contributed by atoms with Crippen LogP contribution in [0.1, 0.15) is 22.8 Å². The first-order chi connectivity index (χ1) is 9.00. The maximum absolute atomic E-state index is 13.9. The van der Waals surface area contributed by atoms with Crippen LogP contribution in [0.15, 0.2) is 36.4 Å². The summed E-state index contributed by atoms with van der Waals surface area (Å²) in [6.45, 7) is 1.63. The van der Waals surface area contributed by atoms with Crippen molar-refractivity contribution in [2.75, 3.05) is 0 Å². The first kappa shape index (κ1) is 14.0. The molecule has 2 rings (SSSR count). The second kappa shape index (κ2) is 5.68. The molecule has 1 nitrogen and oxygen atoms in total. The highest BCUT2D eigenvalue weighted by Gasteiger charge is 2.17. The van der Waals surface area contributed by atoms with Crippen molar-refractivity contribution < 1.29 is 13.9 Å². The highest BCUT2D eigenvalue weighted by Crippen LogP contribution is 2.27. The average Bonchev–Trinajstić information content (AvgIpc) is 2.38. The maximum Gasteiger partial charge on any atom is 0.142 e. The molecule has 0 radical (unpaired) electrons. The van der Waals surface area contributed by atoms with Crippen molar-refractivity contribution in [2.24, 2.45) is 0 Å².